The molecule has 1 amide bonds. The molecule has 3 heterocycles. The molecule has 5 aromatic rings. The fourth-order valence-electron chi connectivity index (χ4n) is 3.20. The highest BCUT2D eigenvalue weighted by Crippen LogP contribution is 2.37. The minimum absolute atomic E-state index is 0.452. The zero-order chi connectivity index (χ0) is 19.1. The number of anilines is 2. The summed E-state index contributed by atoms with van der Waals surface area (Å²) in [4.78, 5) is 19.2. The number of primary amides is 1. The summed E-state index contributed by atoms with van der Waals surface area (Å²) < 4.78 is 1.14. The van der Waals surface area contributed by atoms with E-state index in [0.717, 1.165) is 38.1 Å². The molecule has 8 heteroatoms. The van der Waals surface area contributed by atoms with Crippen LogP contribution in [0.3, 0.4) is 0 Å². The first-order valence-electron chi connectivity index (χ1n) is 8.54. The van der Waals surface area contributed by atoms with Gasteiger partial charge in [0.05, 0.1) is 5.52 Å². The molecule has 2 aromatic carbocycles. The molecule has 0 radical (unpaired) electrons. The Labute approximate surface area is 163 Å². The Morgan fingerprint density at radius 3 is 2.68 bits per heavy atom. The van der Waals surface area contributed by atoms with Crippen molar-refractivity contribution in [1.29, 1.82) is 0 Å². The Kier molecular flexibility index (Phi) is 3.77. The van der Waals surface area contributed by atoms with Crippen molar-refractivity contribution in [2.45, 2.75) is 0 Å². The molecule has 136 valence electrons. The van der Waals surface area contributed by atoms with Crippen molar-refractivity contribution in [1.82, 2.24) is 20.2 Å². The molecule has 4 N–H and O–H groups in total. The highest BCUT2D eigenvalue weighted by atomic mass is 32.1. The van der Waals surface area contributed by atoms with Crippen molar-refractivity contribution in [2.75, 3.05) is 5.32 Å². The predicted octanol–water partition coefficient (Wildman–Crippen LogP) is 4.08. The number of H-pyrrole nitrogens is 1. The smallest absolute Gasteiger partial charge is 0.248 e. The fraction of sp³-hybridized carbons (Fsp3) is 0. The lowest BCUT2D eigenvalue weighted by molar-refractivity contribution is 0.100. The zero-order valence-electron chi connectivity index (χ0n) is 14.5. The van der Waals surface area contributed by atoms with E-state index in [1.807, 2.05) is 35.7 Å². The topological polar surface area (TPSA) is 110 Å². The quantitative estimate of drug-likeness (QED) is 0.431. The first kappa shape index (κ1) is 16.4. The Bertz CT molecular complexity index is 1310. The molecular formula is C20H14N6OS. The zero-order valence-corrected chi connectivity index (χ0v) is 15.3. The lowest BCUT2D eigenvalue weighted by Crippen LogP contribution is -2.10. The first-order chi connectivity index (χ1) is 13.7. The number of thiophene rings is 1. The normalized spacial score (nSPS) is 11.1. The van der Waals surface area contributed by atoms with Gasteiger partial charge in [0, 0.05) is 32.3 Å². The number of fused-ring (bicyclic) bond motifs is 3. The highest BCUT2D eigenvalue weighted by Gasteiger charge is 2.15. The molecule has 7 nitrogen and oxygen atoms in total. The summed E-state index contributed by atoms with van der Waals surface area (Å²) in [7, 11) is 0. The Hall–Kier alpha value is -3.78. The van der Waals surface area contributed by atoms with Gasteiger partial charge in [0.1, 0.15) is 12.1 Å². The van der Waals surface area contributed by atoms with E-state index in [9.17, 15) is 4.79 Å². The number of hydrogen-bond acceptors (Lipinski definition) is 6. The SMILES string of the molecule is NC(=O)c1ccc(Nc2nc3c(-c4nnc[nH]4)cccc3c3sccc23)cc1. The van der Waals surface area contributed by atoms with Gasteiger partial charge < -0.3 is 16.0 Å². The molecule has 28 heavy (non-hydrogen) atoms. The van der Waals surface area contributed by atoms with Gasteiger partial charge in [-0.15, -0.1) is 21.5 Å². The third kappa shape index (κ3) is 2.67. The van der Waals surface area contributed by atoms with Crippen molar-refractivity contribution in [3.05, 3.63) is 65.8 Å². The highest BCUT2D eigenvalue weighted by molar-refractivity contribution is 7.18. The molecule has 0 saturated carbocycles. The van der Waals surface area contributed by atoms with Crippen LogP contribution in [0.4, 0.5) is 11.5 Å². The summed E-state index contributed by atoms with van der Waals surface area (Å²) in [5, 5.41) is 15.5. The number of amides is 1. The molecule has 0 atom stereocenters. The number of nitrogens with two attached hydrogens (primary N) is 1. The molecule has 5 rings (SSSR count). The number of aromatic amines is 1. The second kappa shape index (κ2) is 6.43. The molecule has 0 spiro atoms. The number of rotatable bonds is 4. The lowest BCUT2D eigenvalue weighted by Gasteiger charge is -2.11. The van der Waals surface area contributed by atoms with Crippen molar-refractivity contribution in [3.63, 3.8) is 0 Å². The second-order valence-corrected chi connectivity index (χ2v) is 7.15. The number of aromatic nitrogens is 4. The maximum atomic E-state index is 11.3. The molecular weight excluding hydrogens is 372 g/mol. The van der Waals surface area contributed by atoms with Crippen LogP contribution in [0.5, 0.6) is 0 Å². The minimum Gasteiger partial charge on any atom is -0.366 e. The van der Waals surface area contributed by atoms with Crippen LogP contribution in [-0.4, -0.2) is 26.1 Å². The lowest BCUT2D eigenvalue weighted by atomic mass is 10.1. The van der Waals surface area contributed by atoms with Gasteiger partial charge in [0.2, 0.25) is 5.91 Å². The summed E-state index contributed by atoms with van der Waals surface area (Å²) in [6.45, 7) is 0. The van der Waals surface area contributed by atoms with E-state index in [1.54, 1.807) is 29.8 Å². The second-order valence-electron chi connectivity index (χ2n) is 6.23. The van der Waals surface area contributed by atoms with Crippen LogP contribution in [0.15, 0.2) is 60.2 Å². The molecule has 0 aliphatic carbocycles. The van der Waals surface area contributed by atoms with E-state index in [-0.39, 0.29) is 0 Å². The Morgan fingerprint density at radius 1 is 1.07 bits per heavy atom. The predicted molar refractivity (Wildman–Crippen MR) is 111 cm³/mol. The van der Waals surface area contributed by atoms with Crippen LogP contribution < -0.4 is 11.1 Å². The molecule has 0 fully saturated rings. The summed E-state index contributed by atoms with van der Waals surface area (Å²) in [5.74, 6) is 0.959. The van der Waals surface area contributed by atoms with Gasteiger partial charge in [0.25, 0.3) is 0 Å². The van der Waals surface area contributed by atoms with E-state index in [0.29, 0.717) is 11.4 Å². The summed E-state index contributed by atoms with van der Waals surface area (Å²) >= 11 is 1.67. The Morgan fingerprint density at radius 2 is 1.93 bits per heavy atom. The number of carbonyl (C=O) groups is 1. The summed E-state index contributed by atoms with van der Waals surface area (Å²) in [5.41, 5.74) is 8.33. The monoisotopic (exact) mass is 386 g/mol. The summed E-state index contributed by atoms with van der Waals surface area (Å²) in [6, 6.07) is 15.1. The number of carbonyl (C=O) groups excluding carboxylic acids is 1. The number of nitrogens with zero attached hydrogens (tertiary/aromatic N) is 3. The van der Waals surface area contributed by atoms with Crippen LogP contribution in [0, 0.1) is 0 Å². The van der Waals surface area contributed by atoms with Crippen LogP contribution in [0.1, 0.15) is 10.4 Å². The first-order valence-corrected chi connectivity index (χ1v) is 9.42. The number of pyridine rings is 1. The van der Waals surface area contributed by atoms with Gasteiger partial charge >= 0.3 is 0 Å². The van der Waals surface area contributed by atoms with E-state index in [1.165, 1.54) is 0 Å². The maximum Gasteiger partial charge on any atom is 0.248 e. The fourth-order valence-corrected chi connectivity index (χ4v) is 4.13. The van der Waals surface area contributed by atoms with Crippen LogP contribution in [-0.2, 0) is 0 Å². The molecule has 0 bridgehead atoms. The van der Waals surface area contributed by atoms with Gasteiger partial charge in [-0.1, -0.05) is 12.1 Å². The Balaban J connectivity index is 1.68. The van der Waals surface area contributed by atoms with Gasteiger partial charge in [-0.2, -0.15) is 0 Å². The standard InChI is InChI=1S/C20H14N6OS/c21-18(27)11-4-6-12(7-5-11)24-20-15-8-9-28-17(15)13-2-1-3-14(16(13)25-20)19-22-10-23-26-19/h1-10H,(H2,21,27)(H,24,25)(H,22,23,26). The molecule has 0 aliphatic heterocycles. The molecule has 0 saturated heterocycles. The minimum atomic E-state index is -0.452. The third-order valence-electron chi connectivity index (χ3n) is 4.53. The molecule has 0 unspecified atom stereocenters. The van der Waals surface area contributed by atoms with Crippen molar-refractivity contribution < 1.29 is 4.79 Å². The van der Waals surface area contributed by atoms with Gasteiger partial charge in [-0.3, -0.25) is 4.79 Å². The van der Waals surface area contributed by atoms with Gasteiger partial charge in [-0.25, -0.2) is 4.98 Å². The maximum absolute atomic E-state index is 11.3. The van der Waals surface area contributed by atoms with Crippen LogP contribution >= 0.6 is 11.3 Å². The molecule has 0 aliphatic rings. The number of para-hydroxylation sites is 1. The summed E-state index contributed by atoms with van der Waals surface area (Å²) in [6.07, 6.45) is 1.55. The van der Waals surface area contributed by atoms with Crippen LogP contribution in [0.25, 0.3) is 32.4 Å². The van der Waals surface area contributed by atoms with Gasteiger partial charge in [-0.05, 0) is 41.8 Å². The van der Waals surface area contributed by atoms with Crippen LogP contribution in [0.2, 0.25) is 0 Å². The number of hydrogen-bond donors (Lipinski definition) is 3. The number of nitrogens with one attached hydrogen (secondary N) is 2. The molecule has 3 aromatic heterocycles. The largest absolute Gasteiger partial charge is 0.366 e. The van der Waals surface area contributed by atoms with E-state index >= 15 is 0 Å². The van der Waals surface area contributed by atoms with Crippen molar-refractivity contribution >= 4 is 49.7 Å². The van der Waals surface area contributed by atoms with E-state index < -0.39 is 5.91 Å². The van der Waals surface area contributed by atoms with E-state index in [2.05, 4.69) is 26.6 Å². The number of benzene rings is 2. The third-order valence-corrected chi connectivity index (χ3v) is 5.48. The average Bonchev–Trinajstić information content (AvgIpc) is 3.40. The van der Waals surface area contributed by atoms with Crippen molar-refractivity contribution in [3.8, 4) is 11.4 Å². The average molecular weight is 386 g/mol. The van der Waals surface area contributed by atoms with E-state index in [4.69, 9.17) is 10.7 Å². The van der Waals surface area contributed by atoms with Gasteiger partial charge in [0.15, 0.2) is 5.82 Å². The van der Waals surface area contributed by atoms with Crippen molar-refractivity contribution in [2.24, 2.45) is 5.73 Å².